The number of pyridine rings is 1. The second-order valence-electron chi connectivity index (χ2n) is 10.8. The molecule has 0 saturated carbocycles. The first kappa shape index (κ1) is 27.3. The molecule has 6 rings (SSSR count). The molecule has 3 aliphatic heterocycles. The first-order chi connectivity index (χ1) is 19.7. The van der Waals surface area contributed by atoms with Crippen molar-refractivity contribution in [1.82, 2.24) is 24.8 Å². The van der Waals surface area contributed by atoms with Crippen molar-refractivity contribution in [3.8, 4) is 0 Å². The highest BCUT2D eigenvalue weighted by Gasteiger charge is 2.46. The summed E-state index contributed by atoms with van der Waals surface area (Å²) in [4.78, 5) is 44.1. The molecule has 3 aromatic rings. The smallest absolute Gasteiger partial charge is 0.320 e. The van der Waals surface area contributed by atoms with Crippen molar-refractivity contribution < 1.29 is 23.5 Å². The zero-order valence-corrected chi connectivity index (χ0v) is 23.0. The SMILES string of the molecule is C[C@]1(c2cccc(Cl)c2F)CN(c2ncccc2F)C(=O)c2cnc(NC3CN(C(=O)N4CCC[C@@H]4CO)C3)nc21. The third-order valence-electron chi connectivity index (χ3n) is 8.12. The molecule has 10 nitrogen and oxygen atoms in total. The molecule has 0 bridgehead atoms. The molecule has 0 unspecified atom stereocenters. The van der Waals surface area contributed by atoms with Crippen LogP contribution in [0.3, 0.4) is 0 Å². The Balaban J connectivity index is 1.30. The van der Waals surface area contributed by atoms with Gasteiger partial charge in [-0.25, -0.2) is 28.5 Å². The fourth-order valence-corrected chi connectivity index (χ4v) is 6.07. The van der Waals surface area contributed by atoms with E-state index in [0.29, 0.717) is 19.6 Å². The van der Waals surface area contributed by atoms with Crippen LogP contribution in [0.5, 0.6) is 0 Å². The number of rotatable bonds is 5. The summed E-state index contributed by atoms with van der Waals surface area (Å²) in [6.45, 7) is 2.97. The number of hydrogen-bond donors (Lipinski definition) is 2. The van der Waals surface area contributed by atoms with Crippen molar-refractivity contribution in [1.29, 1.82) is 0 Å². The molecule has 2 aromatic heterocycles. The predicted molar refractivity (Wildman–Crippen MR) is 147 cm³/mol. The van der Waals surface area contributed by atoms with Gasteiger partial charge in [0.15, 0.2) is 11.6 Å². The number of nitrogens with one attached hydrogen (secondary N) is 1. The highest BCUT2D eigenvalue weighted by molar-refractivity contribution is 6.30. The van der Waals surface area contributed by atoms with Gasteiger partial charge in [0, 0.05) is 44.1 Å². The van der Waals surface area contributed by atoms with Crippen molar-refractivity contribution in [3.63, 3.8) is 0 Å². The minimum absolute atomic E-state index is 0.0562. The maximum atomic E-state index is 15.5. The molecule has 0 radical (unpaired) electrons. The number of fused-ring (bicyclic) bond motifs is 1. The number of carbonyl (C=O) groups is 2. The Hall–Kier alpha value is -3.90. The summed E-state index contributed by atoms with van der Waals surface area (Å²) in [5.41, 5.74) is -0.695. The Kier molecular flexibility index (Phi) is 6.98. The largest absolute Gasteiger partial charge is 0.394 e. The van der Waals surface area contributed by atoms with E-state index in [1.54, 1.807) is 28.9 Å². The van der Waals surface area contributed by atoms with Gasteiger partial charge in [0.2, 0.25) is 5.95 Å². The van der Waals surface area contributed by atoms with E-state index >= 15 is 4.39 Å². The number of nitrogens with zero attached hydrogens (tertiary/aromatic N) is 6. The van der Waals surface area contributed by atoms with Crippen molar-refractivity contribution >= 4 is 35.3 Å². The maximum absolute atomic E-state index is 15.5. The van der Waals surface area contributed by atoms with Gasteiger partial charge in [0.25, 0.3) is 5.91 Å². The Morgan fingerprint density at radius 1 is 1.22 bits per heavy atom. The van der Waals surface area contributed by atoms with Gasteiger partial charge in [-0.1, -0.05) is 23.7 Å². The van der Waals surface area contributed by atoms with Crippen LogP contribution in [-0.2, 0) is 5.41 Å². The Morgan fingerprint density at radius 2 is 2.02 bits per heavy atom. The summed E-state index contributed by atoms with van der Waals surface area (Å²) in [5.74, 6) is -1.88. The third kappa shape index (κ3) is 4.64. The number of carbonyl (C=O) groups excluding carboxylic acids is 2. The number of hydrogen-bond acceptors (Lipinski definition) is 7. The van der Waals surface area contributed by atoms with Gasteiger partial charge in [0.1, 0.15) is 5.82 Å². The summed E-state index contributed by atoms with van der Waals surface area (Å²) in [5, 5.41) is 12.7. The number of benzene rings is 1. The van der Waals surface area contributed by atoms with Gasteiger partial charge in [-0.3, -0.25) is 9.69 Å². The zero-order chi connectivity index (χ0) is 28.9. The van der Waals surface area contributed by atoms with Crippen LogP contribution >= 0.6 is 11.6 Å². The summed E-state index contributed by atoms with van der Waals surface area (Å²) >= 11 is 6.14. The van der Waals surface area contributed by atoms with Crippen LogP contribution in [0.4, 0.5) is 25.3 Å². The minimum atomic E-state index is -1.24. The van der Waals surface area contributed by atoms with E-state index in [2.05, 4.69) is 20.3 Å². The highest BCUT2D eigenvalue weighted by Crippen LogP contribution is 2.42. The van der Waals surface area contributed by atoms with Crippen LogP contribution in [0.15, 0.2) is 42.7 Å². The lowest BCUT2D eigenvalue weighted by molar-refractivity contribution is 0.0965. The number of anilines is 2. The molecule has 13 heteroatoms. The highest BCUT2D eigenvalue weighted by atomic mass is 35.5. The summed E-state index contributed by atoms with van der Waals surface area (Å²) in [7, 11) is 0. The lowest BCUT2D eigenvalue weighted by atomic mass is 9.74. The van der Waals surface area contributed by atoms with E-state index in [4.69, 9.17) is 11.6 Å². The number of aliphatic hydroxyl groups excluding tert-OH is 1. The van der Waals surface area contributed by atoms with Crippen LogP contribution < -0.4 is 10.2 Å². The van der Waals surface area contributed by atoms with E-state index in [0.717, 1.165) is 12.8 Å². The van der Waals surface area contributed by atoms with Gasteiger partial charge in [-0.2, -0.15) is 0 Å². The normalized spacial score (nSPS) is 22.5. The van der Waals surface area contributed by atoms with Crippen LogP contribution in [0.25, 0.3) is 0 Å². The molecule has 0 spiro atoms. The average Bonchev–Trinajstić information content (AvgIpc) is 3.43. The number of halogens is 3. The van der Waals surface area contributed by atoms with Gasteiger partial charge in [-0.15, -0.1) is 0 Å². The molecule has 1 aromatic carbocycles. The molecule has 3 amide bonds. The second-order valence-corrected chi connectivity index (χ2v) is 11.2. The Labute approximate surface area is 240 Å². The third-order valence-corrected chi connectivity index (χ3v) is 8.41. The van der Waals surface area contributed by atoms with Gasteiger partial charge < -0.3 is 20.2 Å². The summed E-state index contributed by atoms with van der Waals surface area (Å²) in [6.07, 6.45) is 4.38. The van der Waals surface area contributed by atoms with E-state index in [1.807, 2.05) is 0 Å². The molecule has 0 aliphatic carbocycles. The molecule has 2 atom stereocenters. The van der Waals surface area contributed by atoms with E-state index in [-0.39, 0.29) is 64.9 Å². The van der Waals surface area contributed by atoms with Gasteiger partial charge >= 0.3 is 6.03 Å². The summed E-state index contributed by atoms with van der Waals surface area (Å²) < 4.78 is 30.2. The van der Waals surface area contributed by atoms with E-state index in [9.17, 15) is 19.1 Å². The summed E-state index contributed by atoms with van der Waals surface area (Å²) in [6, 6.07) is 6.82. The van der Waals surface area contributed by atoms with E-state index < -0.39 is 23.0 Å². The zero-order valence-electron chi connectivity index (χ0n) is 22.2. The lowest BCUT2D eigenvalue weighted by Gasteiger charge is -2.43. The molecule has 2 saturated heterocycles. The molecule has 41 heavy (non-hydrogen) atoms. The molecular formula is C28H28ClF2N7O3. The van der Waals surface area contributed by atoms with Crippen molar-refractivity contribution in [2.45, 2.75) is 37.3 Å². The lowest BCUT2D eigenvalue weighted by Crippen LogP contribution is -2.61. The standard InChI is InChI=1S/C28H28ClF2N7O3/c1-28(19-6-2-7-20(29)22(19)31)15-38(24-21(30)8-3-9-32-24)25(40)18-11-33-26(35-23(18)28)34-16-12-36(13-16)27(41)37-10-4-5-17(37)14-39/h2-3,6-9,11,16-17,39H,4-5,10,12-15H2,1H3,(H,33,34,35)/t17-,28-/m1/s1. The first-order valence-electron chi connectivity index (χ1n) is 13.4. The van der Waals surface area contributed by atoms with Crippen molar-refractivity contribution in [2.24, 2.45) is 0 Å². The minimum Gasteiger partial charge on any atom is -0.394 e. The van der Waals surface area contributed by atoms with Crippen molar-refractivity contribution in [2.75, 3.05) is 43.0 Å². The number of likely N-dealkylation sites (tertiary alicyclic amines) is 2. The van der Waals surface area contributed by atoms with Crippen LogP contribution in [0.2, 0.25) is 5.02 Å². The number of aromatic nitrogens is 3. The fourth-order valence-electron chi connectivity index (χ4n) is 5.89. The Morgan fingerprint density at radius 3 is 2.78 bits per heavy atom. The monoisotopic (exact) mass is 583 g/mol. The Bertz CT molecular complexity index is 1520. The topological polar surface area (TPSA) is 115 Å². The first-order valence-corrected chi connectivity index (χ1v) is 13.8. The average molecular weight is 584 g/mol. The van der Waals surface area contributed by atoms with Crippen molar-refractivity contribution in [3.05, 3.63) is 76.2 Å². The molecule has 2 fully saturated rings. The fraction of sp³-hybridized carbons (Fsp3) is 0.393. The molecular weight excluding hydrogens is 556 g/mol. The molecule has 3 aliphatic rings. The van der Waals surface area contributed by atoms with Crippen LogP contribution in [-0.4, -0.2) is 86.7 Å². The predicted octanol–water partition coefficient (Wildman–Crippen LogP) is 3.44. The second kappa shape index (κ2) is 10.5. The number of amides is 3. The molecule has 5 heterocycles. The molecule has 214 valence electrons. The van der Waals surface area contributed by atoms with Crippen LogP contribution in [0, 0.1) is 11.6 Å². The molecule has 2 N–H and O–H groups in total. The maximum Gasteiger partial charge on any atom is 0.320 e. The quantitative estimate of drug-likeness (QED) is 0.473. The van der Waals surface area contributed by atoms with E-state index in [1.165, 1.54) is 35.5 Å². The number of urea groups is 1. The van der Waals surface area contributed by atoms with Gasteiger partial charge in [-0.05, 0) is 38.0 Å². The number of aliphatic hydroxyl groups is 1. The van der Waals surface area contributed by atoms with Gasteiger partial charge in [0.05, 0.1) is 40.4 Å². The van der Waals surface area contributed by atoms with Crippen LogP contribution in [0.1, 0.15) is 41.4 Å².